The number of aromatic nitrogens is 3. The van der Waals surface area contributed by atoms with E-state index in [-0.39, 0.29) is 17.6 Å². The van der Waals surface area contributed by atoms with Gasteiger partial charge in [0.2, 0.25) is 5.95 Å². The van der Waals surface area contributed by atoms with Crippen molar-refractivity contribution in [2.75, 3.05) is 10.6 Å². The highest BCUT2D eigenvalue weighted by atomic mass is 16.5. The molecule has 0 saturated carbocycles. The quantitative estimate of drug-likeness (QED) is 0.749. The molecule has 0 radical (unpaired) electrons. The summed E-state index contributed by atoms with van der Waals surface area (Å²) in [4.78, 5) is 20.6. The molecule has 2 heterocycles. The molecule has 0 fully saturated rings. The third-order valence-electron chi connectivity index (χ3n) is 3.40. The van der Waals surface area contributed by atoms with E-state index in [1.807, 2.05) is 37.3 Å². The molecular weight excluding hydrogens is 306 g/mol. The summed E-state index contributed by atoms with van der Waals surface area (Å²) in [6, 6.07) is 13.1. The lowest BCUT2D eigenvalue weighted by molar-refractivity contribution is 0.102. The van der Waals surface area contributed by atoms with Crippen LogP contribution in [0.1, 0.15) is 34.8 Å². The summed E-state index contributed by atoms with van der Waals surface area (Å²) in [7, 11) is 0. The number of aryl methyl sites for hydroxylation is 1. The van der Waals surface area contributed by atoms with Gasteiger partial charge in [0, 0.05) is 12.3 Å². The van der Waals surface area contributed by atoms with E-state index in [0.717, 1.165) is 5.56 Å². The minimum atomic E-state index is -0.374. The van der Waals surface area contributed by atoms with Crippen LogP contribution in [0.25, 0.3) is 0 Å². The molecule has 2 aromatic heterocycles. The third kappa shape index (κ3) is 3.75. The summed E-state index contributed by atoms with van der Waals surface area (Å²) in [5.41, 5.74) is 1.35. The van der Waals surface area contributed by atoms with Gasteiger partial charge in [0.25, 0.3) is 5.91 Å². The van der Waals surface area contributed by atoms with E-state index in [4.69, 9.17) is 4.52 Å². The molecule has 1 amide bonds. The van der Waals surface area contributed by atoms with Gasteiger partial charge in [0.15, 0.2) is 5.82 Å². The highest BCUT2D eigenvalue weighted by Gasteiger charge is 2.13. The predicted molar refractivity (Wildman–Crippen MR) is 89.7 cm³/mol. The van der Waals surface area contributed by atoms with Gasteiger partial charge < -0.3 is 15.2 Å². The largest absolute Gasteiger partial charge is 0.360 e. The molecule has 0 spiro atoms. The van der Waals surface area contributed by atoms with Crippen molar-refractivity contribution in [2.45, 2.75) is 19.9 Å². The lowest BCUT2D eigenvalue weighted by Gasteiger charge is -2.14. The number of anilines is 2. The van der Waals surface area contributed by atoms with E-state index in [1.54, 1.807) is 19.1 Å². The van der Waals surface area contributed by atoms with E-state index in [2.05, 4.69) is 25.8 Å². The standard InChI is InChI=1S/C17H17N5O2/c1-11-10-15(22-24-11)21-16(23)14-8-9-18-17(20-14)19-12(2)13-6-4-3-5-7-13/h3-10,12H,1-2H3,(H,18,19,20)(H,21,22,23). The molecule has 0 bridgehead atoms. The Hall–Kier alpha value is -3.22. The topological polar surface area (TPSA) is 92.9 Å². The average molecular weight is 323 g/mol. The lowest BCUT2D eigenvalue weighted by Crippen LogP contribution is -2.16. The van der Waals surface area contributed by atoms with Crippen molar-refractivity contribution in [2.24, 2.45) is 0 Å². The molecule has 0 aliphatic carbocycles. The van der Waals surface area contributed by atoms with E-state index < -0.39 is 0 Å². The Balaban J connectivity index is 1.70. The summed E-state index contributed by atoms with van der Waals surface area (Å²) in [5.74, 6) is 0.978. The number of rotatable bonds is 5. The molecular formula is C17H17N5O2. The molecule has 122 valence electrons. The van der Waals surface area contributed by atoms with Crippen LogP contribution < -0.4 is 10.6 Å². The maximum Gasteiger partial charge on any atom is 0.275 e. The van der Waals surface area contributed by atoms with Crippen LogP contribution in [0.3, 0.4) is 0 Å². The third-order valence-corrected chi connectivity index (χ3v) is 3.40. The number of nitrogens with zero attached hydrogens (tertiary/aromatic N) is 3. The molecule has 3 rings (SSSR count). The summed E-state index contributed by atoms with van der Waals surface area (Å²) < 4.78 is 4.92. The van der Waals surface area contributed by atoms with Crippen LogP contribution in [0, 0.1) is 6.92 Å². The number of benzene rings is 1. The maximum absolute atomic E-state index is 12.2. The molecule has 2 N–H and O–H groups in total. The molecule has 0 saturated heterocycles. The SMILES string of the molecule is Cc1cc(NC(=O)c2ccnc(NC(C)c3ccccc3)n2)no1. The fraction of sp³-hybridized carbons (Fsp3) is 0.176. The molecule has 0 aliphatic rings. The van der Waals surface area contributed by atoms with Crippen LogP contribution in [0.4, 0.5) is 11.8 Å². The zero-order chi connectivity index (χ0) is 16.9. The molecule has 7 nitrogen and oxygen atoms in total. The van der Waals surface area contributed by atoms with Crippen LogP contribution in [0.5, 0.6) is 0 Å². The van der Waals surface area contributed by atoms with Gasteiger partial charge in [-0.05, 0) is 25.5 Å². The van der Waals surface area contributed by atoms with Gasteiger partial charge in [-0.3, -0.25) is 4.79 Å². The van der Waals surface area contributed by atoms with Crippen LogP contribution in [-0.4, -0.2) is 21.0 Å². The average Bonchev–Trinajstić information content (AvgIpc) is 3.00. The van der Waals surface area contributed by atoms with Gasteiger partial charge in [-0.15, -0.1) is 0 Å². The summed E-state index contributed by atoms with van der Waals surface area (Å²) >= 11 is 0. The Morgan fingerprint density at radius 3 is 2.71 bits per heavy atom. The smallest absolute Gasteiger partial charge is 0.275 e. The molecule has 1 unspecified atom stereocenters. The summed E-state index contributed by atoms with van der Waals surface area (Å²) in [5, 5.41) is 9.54. The summed E-state index contributed by atoms with van der Waals surface area (Å²) in [6.45, 7) is 3.75. The van der Waals surface area contributed by atoms with Gasteiger partial charge >= 0.3 is 0 Å². The van der Waals surface area contributed by atoms with Gasteiger partial charge in [-0.25, -0.2) is 9.97 Å². The van der Waals surface area contributed by atoms with Gasteiger partial charge in [0.05, 0.1) is 6.04 Å². The Bertz CT molecular complexity index is 832. The first kappa shape index (κ1) is 15.7. The zero-order valence-corrected chi connectivity index (χ0v) is 13.4. The lowest BCUT2D eigenvalue weighted by atomic mass is 10.1. The molecule has 1 atom stereocenters. The first-order valence-corrected chi connectivity index (χ1v) is 7.51. The highest BCUT2D eigenvalue weighted by Crippen LogP contribution is 2.16. The minimum absolute atomic E-state index is 0.0164. The van der Waals surface area contributed by atoms with E-state index in [1.165, 1.54) is 6.20 Å². The van der Waals surface area contributed by atoms with Crippen molar-refractivity contribution in [3.8, 4) is 0 Å². The summed E-state index contributed by atoms with van der Waals surface area (Å²) in [6.07, 6.45) is 1.54. The number of hydrogen-bond acceptors (Lipinski definition) is 6. The number of nitrogens with one attached hydrogen (secondary N) is 2. The molecule has 1 aromatic carbocycles. The van der Waals surface area contributed by atoms with E-state index in [0.29, 0.717) is 17.5 Å². The van der Waals surface area contributed by atoms with Crippen molar-refractivity contribution in [1.29, 1.82) is 0 Å². The van der Waals surface area contributed by atoms with Gasteiger partial charge in [0.1, 0.15) is 11.5 Å². The zero-order valence-electron chi connectivity index (χ0n) is 13.4. The van der Waals surface area contributed by atoms with E-state index in [9.17, 15) is 4.79 Å². The Morgan fingerprint density at radius 2 is 2.00 bits per heavy atom. The number of amides is 1. The van der Waals surface area contributed by atoms with Crippen molar-refractivity contribution in [3.05, 3.63) is 65.7 Å². The number of carbonyl (C=O) groups excluding carboxylic acids is 1. The first-order chi connectivity index (χ1) is 11.6. The van der Waals surface area contributed by atoms with Crippen molar-refractivity contribution >= 4 is 17.7 Å². The second-order valence-corrected chi connectivity index (χ2v) is 5.32. The number of hydrogen-bond donors (Lipinski definition) is 2. The predicted octanol–water partition coefficient (Wildman–Crippen LogP) is 3.20. The van der Waals surface area contributed by atoms with Crippen LogP contribution >= 0.6 is 0 Å². The first-order valence-electron chi connectivity index (χ1n) is 7.51. The number of carbonyl (C=O) groups is 1. The van der Waals surface area contributed by atoms with Crippen LogP contribution in [0.15, 0.2) is 53.2 Å². The Morgan fingerprint density at radius 1 is 1.21 bits per heavy atom. The van der Waals surface area contributed by atoms with E-state index >= 15 is 0 Å². The van der Waals surface area contributed by atoms with Crippen molar-refractivity contribution < 1.29 is 9.32 Å². The minimum Gasteiger partial charge on any atom is -0.360 e. The highest BCUT2D eigenvalue weighted by molar-refractivity contribution is 6.02. The van der Waals surface area contributed by atoms with Gasteiger partial charge in [-0.2, -0.15) is 0 Å². The molecule has 24 heavy (non-hydrogen) atoms. The maximum atomic E-state index is 12.2. The van der Waals surface area contributed by atoms with Crippen molar-refractivity contribution in [3.63, 3.8) is 0 Å². The Labute approximate surface area is 139 Å². The molecule has 0 aliphatic heterocycles. The fourth-order valence-corrected chi connectivity index (χ4v) is 2.18. The second-order valence-electron chi connectivity index (χ2n) is 5.32. The van der Waals surface area contributed by atoms with Crippen LogP contribution in [0.2, 0.25) is 0 Å². The normalized spacial score (nSPS) is 11.8. The van der Waals surface area contributed by atoms with Gasteiger partial charge in [-0.1, -0.05) is 35.5 Å². The van der Waals surface area contributed by atoms with Crippen molar-refractivity contribution in [1.82, 2.24) is 15.1 Å². The molecule has 3 aromatic rings. The Kier molecular flexibility index (Phi) is 4.51. The fourth-order valence-electron chi connectivity index (χ4n) is 2.18. The molecule has 7 heteroatoms. The second kappa shape index (κ2) is 6.91. The monoisotopic (exact) mass is 323 g/mol. The van der Waals surface area contributed by atoms with Crippen LogP contribution in [-0.2, 0) is 0 Å².